The van der Waals surface area contributed by atoms with Crippen LogP contribution in [0.3, 0.4) is 0 Å². The Morgan fingerprint density at radius 1 is 0.938 bits per heavy atom. The number of unbranched alkanes of at least 4 members (excludes halogenated alkanes) is 1. The van der Waals surface area contributed by atoms with Gasteiger partial charge in [0.1, 0.15) is 11.5 Å². The van der Waals surface area contributed by atoms with E-state index in [9.17, 15) is 9.59 Å². The second kappa shape index (κ2) is 12.4. The van der Waals surface area contributed by atoms with Crippen molar-refractivity contribution in [1.82, 2.24) is 0 Å². The van der Waals surface area contributed by atoms with E-state index in [0.29, 0.717) is 46.4 Å². The van der Waals surface area contributed by atoms with Crippen LogP contribution in [0.5, 0.6) is 11.5 Å². The maximum Gasteiger partial charge on any atom is 0.310 e. The standard InChI is InChI=1S/C24H26Cl2O6/c1-29-21-10-9-17(25)14-19(21)18(7-5-6-8-22(27)30-2)15-11-16(13-23(28)31-3)24(32-4)20(26)12-15/h7,9-12,14H,5-6,8,13H2,1-4H3/b18-7-. The minimum Gasteiger partial charge on any atom is -0.496 e. The van der Waals surface area contributed by atoms with Gasteiger partial charge in [-0.2, -0.15) is 0 Å². The smallest absolute Gasteiger partial charge is 0.310 e. The third kappa shape index (κ3) is 6.65. The largest absolute Gasteiger partial charge is 0.496 e. The first-order valence-corrected chi connectivity index (χ1v) is 10.6. The van der Waals surface area contributed by atoms with E-state index in [1.807, 2.05) is 12.1 Å². The molecule has 2 rings (SSSR count). The molecule has 2 aromatic rings. The fourth-order valence-corrected chi connectivity index (χ4v) is 3.75. The Labute approximate surface area is 198 Å². The number of esters is 2. The van der Waals surface area contributed by atoms with E-state index >= 15 is 0 Å². The highest BCUT2D eigenvalue weighted by molar-refractivity contribution is 6.32. The van der Waals surface area contributed by atoms with E-state index in [1.54, 1.807) is 31.4 Å². The first kappa shape index (κ1) is 25.6. The zero-order valence-corrected chi connectivity index (χ0v) is 20.0. The van der Waals surface area contributed by atoms with Gasteiger partial charge < -0.3 is 18.9 Å². The van der Waals surface area contributed by atoms with E-state index in [0.717, 1.165) is 16.7 Å². The van der Waals surface area contributed by atoms with Crippen LogP contribution in [0.15, 0.2) is 36.4 Å². The molecule has 8 heteroatoms. The number of halogens is 2. The molecule has 0 saturated carbocycles. The Morgan fingerprint density at radius 2 is 1.66 bits per heavy atom. The number of allylic oxidation sites excluding steroid dienone is 1. The summed E-state index contributed by atoms with van der Waals surface area (Å²) in [6.45, 7) is 0. The molecule has 0 aliphatic carbocycles. The first-order valence-electron chi connectivity index (χ1n) is 9.89. The molecule has 32 heavy (non-hydrogen) atoms. The summed E-state index contributed by atoms with van der Waals surface area (Å²) in [6, 6.07) is 8.90. The van der Waals surface area contributed by atoms with Gasteiger partial charge in [-0.3, -0.25) is 9.59 Å². The van der Waals surface area contributed by atoms with Gasteiger partial charge in [-0.25, -0.2) is 0 Å². The van der Waals surface area contributed by atoms with Crippen molar-refractivity contribution in [3.63, 3.8) is 0 Å². The zero-order chi connectivity index (χ0) is 23.7. The Hall–Kier alpha value is -2.70. The quantitative estimate of drug-likeness (QED) is 0.330. The highest BCUT2D eigenvalue weighted by Crippen LogP contribution is 2.38. The summed E-state index contributed by atoms with van der Waals surface area (Å²) in [7, 11) is 5.75. The van der Waals surface area contributed by atoms with Crippen molar-refractivity contribution in [3.05, 3.63) is 63.1 Å². The normalized spacial score (nSPS) is 11.1. The van der Waals surface area contributed by atoms with Crippen molar-refractivity contribution < 1.29 is 28.5 Å². The molecule has 6 nitrogen and oxygen atoms in total. The number of ether oxygens (including phenoxy) is 4. The second-order valence-electron chi connectivity index (χ2n) is 6.83. The lowest BCUT2D eigenvalue weighted by Gasteiger charge is -2.17. The molecule has 0 spiro atoms. The van der Waals surface area contributed by atoms with Gasteiger partial charge in [-0.15, -0.1) is 0 Å². The molecule has 0 atom stereocenters. The molecular formula is C24H26Cl2O6. The topological polar surface area (TPSA) is 71.1 Å². The summed E-state index contributed by atoms with van der Waals surface area (Å²) >= 11 is 12.8. The van der Waals surface area contributed by atoms with E-state index in [2.05, 4.69) is 0 Å². The summed E-state index contributed by atoms with van der Waals surface area (Å²) in [5.41, 5.74) is 2.88. The van der Waals surface area contributed by atoms with Crippen molar-refractivity contribution in [1.29, 1.82) is 0 Å². The molecule has 0 aliphatic heterocycles. The molecular weight excluding hydrogens is 455 g/mol. The third-order valence-electron chi connectivity index (χ3n) is 4.81. The van der Waals surface area contributed by atoms with Crippen LogP contribution in [0.1, 0.15) is 36.0 Å². The van der Waals surface area contributed by atoms with Crippen molar-refractivity contribution >= 4 is 40.7 Å². The lowest BCUT2D eigenvalue weighted by molar-refractivity contribution is -0.141. The minimum absolute atomic E-state index is 0.00443. The molecule has 0 aliphatic rings. The van der Waals surface area contributed by atoms with E-state index in [1.165, 1.54) is 21.3 Å². The Balaban J connectivity index is 2.60. The molecule has 0 heterocycles. The van der Waals surface area contributed by atoms with Crippen LogP contribution in [0.25, 0.3) is 5.57 Å². The summed E-state index contributed by atoms with van der Waals surface area (Å²) in [5.74, 6) is 0.340. The van der Waals surface area contributed by atoms with Gasteiger partial charge in [0.05, 0.1) is 39.9 Å². The molecule has 0 bridgehead atoms. The van der Waals surface area contributed by atoms with Crippen molar-refractivity contribution in [2.24, 2.45) is 0 Å². The molecule has 172 valence electrons. The predicted octanol–water partition coefficient (Wildman–Crippen LogP) is 5.50. The summed E-state index contributed by atoms with van der Waals surface area (Å²) in [6.07, 6.45) is 3.46. The van der Waals surface area contributed by atoms with Crippen molar-refractivity contribution in [3.8, 4) is 11.5 Å². The Bertz CT molecular complexity index is 1000. The summed E-state index contributed by atoms with van der Waals surface area (Å²) < 4.78 is 20.5. The fourth-order valence-electron chi connectivity index (χ4n) is 3.26. The molecule has 0 saturated heterocycles. The first-order chi connectivity index (χ1) is 15.3. The van der Waals surface area contributed by atoms with E-state index < -0.39 is 5.97 Å². The summed E-state index contributed by atoms with van der Waals surface area (Å²) in [4.78, 5) is 23.4. The molecule has 0 unspecified atom stereocenters. The fraction of sp³-hybridized carbons (Fsp3) is 0.333. The second-order valence-corrected chi connectivity index (χ2v) is 7.68. The molecule has 0 amide bonds. The minimum atomic E-state index is -0.416. The maximum atomic E-state index is 11.9. The molecule has 0 aromatic heterocycles. The van der Waals surface area contributed by atoms with Gasteiger partial charge in [-0.05, 0) is 54.3 Å². The maximum absolute atomic E-state index is 11.9. The number of rotatable bonds is 10. The highest BCUT2D eigenvalue weighted by Gasteiger charge is 2.18. The molecule has 0 N–H and O–H groups in total. The summed E-state index contributed by atoms with van der Waals surface area (Å²) in [5, 5.41) is 0.890. The van der Waals surface area contributed by atoms with Crippen LogP contribution in [0.2, 0.25) is 10.0 Å². The average molecular weight is 481 g/mol. The van der Waals surface area contributed by atoms with Gasteiger partial charge in [0, 0.05) is 22.6 Å². The number of carbonyl (C=O) groups is 2. The predicted molar refractivity (Wildman–Crippen MR) is 125 cm³/mol. The van der Waals surface area contributed by atoms with Crippen LogP contribution in [-0.4, -0.2) is 40.4 Å². The molecule has 0 fully saturated rings. The number of methoxy groups -OCH3 is 4. The van der Waals surface area contributed by atoms with E-state index in [-0.39, 0.29) is 12.4 Å². The van der Waals surface area contributed by atoms with Gasteiger partial charge >= 0.3 is 11.9 Å². The van der Waals surface area contributed by atoms with Crippen LogP contribution < -0.4 is 9.47 Å². The lowest BCUT2D eigenvalue weighted by atomic mass is 9.93. The van der Waals surface area contributed by atoms with Crippen LogP contribution >= 0.6 is 23.2 Å². The SMILES string of the molecule is COC(=O)CCC/C=C(/c1cc(Cl)c(OC)c(CC(=O)OC)c1)c1cc(Cl)ccc1OC. The van der Waals surface area contributed by atoms with Gasteiger partial charge in [0.15, 0.2) is 0 Å². The van der Waals surface area contributed by atoms with Gasteiger partial charge in [0.2, 0.25) is 0 Å². The Morgan fingerprint density at radius 3 is 2.28 bits per heavy atom. The third-order valence-corrected chi connectivity index (χ3v) is 5.33. The van der Waals surface area contributed by atoms with Crippen molar-refractivity contribution in [2.45, 2.75) is 25.7 Å². The van der Waals surface area contributed by atoms with Crippen LogP contribution in [0.4, 0.5) is 0 Å². The number of carbonyl (C=O) groups excluding carboxylic acids is 2. The molecule has 2 aromatic carbocycles. The number of hydrogen-bond donors (Lipinski definition) is 0. The van der Waals surface area contributed by atoms with Gasteiger partial charge in [0.25, 0.3) is 0 Å². The Kier molecular flexibility index (Phi) is 9.88. The van der Waals surface area contributed by atoms with Gasteiger partial charge in [-0.1, -0.05) is 29.3 Å². The van der Waals surface area contributed by atoms with Crippen LogP contribution in [0, 0.1) is 0 Å². The lowest BCUT2D eigenvalue weighted by Crippen LogP contribution is -2.07. The number of benzene rings is 2. The number of hydrogen-bond acceptors (Lipinski definition) is 6. The molecule has 0 radical (unpaired) electrons. The monoisotopic (exact) mass is 480 g/mol. The average Bonchev–Trinajstić information content (AvgIpc) is 2.78. The van der Waals surface area contributed by atoms with Crippen LogP contribution in [-0.2, 0) is 25.5 Å². The zero-order valence-electron chi connectivity index (χ0n) is 18.5. The van der Waals surface area contributed by atoms with E-state index in [4.69, 9.17) is 42.1 Å². The van der Waals surface area contributed by atoms with Crippen molar-refractivity contribution in [2.75, 3.05) is 28.4 Å². The highest BCUT2D eigenvalue weighted by atomic mass is 35.5.